The molecule has 0 radical (unpaired) electrons. The van der Waals surface area contributed by atoms with Gasteiger partial charge in [-0.1, -0.05) is 42.5 Å². The van der Waals surface area contributed by atoms with Gasteiger partial charge in [-0.15, -0.1) is 0 Å². The largest absolute Gasteiger partial charge is 0.497 e. The maximum Gasteiger partial charge on any atom is 0.328 e. The van der Waals surface area contributed by atoms with Crippen molar-refractivity contribution in [2.24, 2.45) is 0 Å². The molecule has 2 aromatic rings. The van der Waals surface area contributed by atoms with Gasteiger partial charge in [0.1, 0.15) is 11.8 Å². The van der Waals surface area contributed by atoms with Crippen LogP contribution in [-0.4, -0.2) is 32.1 Å². The molecule has 0 unspecified atom stereocenters. The summed E-state index contributed by atoms with van der Waals surface area (Å²) in [4.78, 5) is 24.1. The van der Waals surface area contributed by atoms with E-state index in [1.165, 1.54) is 13.2 Å². The molecular formula is C20H21NO4. The van der Waals surface area contributed by atoms with Crippen LogP contribution in [-0.2, 0) is 20.7 Å². The highest BCUT2D eigenvalue weighted by atomic mass is 16.5. The quantitative estimate of drug-likeness (QED) is 0.622. The second kappa shape index (κ2) is 9.27. The Balaban J connectivity index is 2.02. The van der Waals surface area contributed by atoms with Gasteiger partial charge in [-0.3, -0.25) is 4.79 Å². The molecular weight excluding hydrogens is 318 g/mol. The lowest BCUT2D eigenvalue weighted by Gasteiger charge is -2.15. The van der Waals surface area contributed by atoms with Crippen molar-refractivity contribution in [1.29, 1.82) is 0 Å². The third-order valence-electron chi connectivity index (χ3n) is 3.63. The van der Waals surface area contributed by atoms with Gasteiger partial charge in [0.15, 0.2) is 0 Å². The molecule has 1 atom stereocenters. The van der Waals surface area contributed by atoms with Gasteiger partial charge in [0.25, 0.3) is 0 Å². The topological polar surface area (TPSA) is 64.6 Å². The van der Waals surface area contributed by atoms with Crippen LogP contribution in [0.3, 0.4) is 0 Å². The molecule has 2 aromatic carbocycles. The van der Waals surface area contributed by atoms with Crippen LogP contribution in [0.25, 0.3) is 6.08 Å². The number of benzene rings is 2. The highest BCUT2D eigenvalue weighted by Crippen LogP contribution is 2.13. The number of carbonyl (C=O) groups is 2. The summed E-state index contributed by atoms with van der Waals surface area (Å²) >= 11 is 0. The first-order valence-corrected chi connectivity index (χ1v) is 7.86. The normalized spacial score (nSPS) is 11.8. The Morgan fingerprint density at radius 1 is 1.04 bits per heavy atom. The zero-order valence-corrected chi connectivity index (χ0v) is 14.3. The molecule has 5 heteroatoms. The maximum atomic E-state index is 12.1. The predicted octanol–water partition coefficient (Wildman–Crippen LogP) is 2.61. The average Bonchev–Trinajstić information content (AvgIpc) is 2.66. The average molecular weight is 339 g/mol. The van der Waals surface area contributed by atoms with E-state index in [-0.39, 0.29) is 5.91 Å². The zero-order chi connectivity index (χ0) is 18.1. The number of esters is 1. The van der Waals surface area contributed by atoms with E-state index in [4.69, 9.17) is 9.47 Å². The van der Waals surface area contributed by atoms with Gasteiger partial charge in [0.2, 0.25) is 5.91 Å². The smallest absolute Gasteiger partial charge is 0.328 e. The maximum absolute atomic E-state index is 12.1. The molecule has 0 fully saturated rings. The Morgan fingerprint density at radius 3 is 2.32 bits per heavy atom. The van der Waals surface area contributed by atoms with Crippen molar-refractivity contribution >= 4 is 18.0 Å². The molecule has 0 aliphatic rings. The van der Waals surface area contributed by atoms with E-state index in [9.17, 15) is 9.59 Å². The fraction of sp³-hybridized carbons (Fsp3) is 0.200. The number of rotatable bonds is 7. The summed E-state index contributed by atoms with van der Waals surface area (Å²) in [6.45, 7) is 0. The summed E-state index contributed by atoms with van der Waals surface area (Å²) in [5, 5.41) is 2.68. The van der Waals surface area contributed by atoms with Crippen LogP contribution in [0.4, 0.5) is 0 Å². The molecule has 130 valence electrons. The highest BCUT2D eigenvalue weighted by Gasteiger charge is 2.21. The van der Waals surface area contributed by atoms with Crippen molar-refractivity contribution in [2.45, 2.75) is 12.5 Å². The molecule has 0 saturated heterocycles. The van der Waals surface area contributed by atoms with Gasteiger partial charge < -0.3 is 14.8 Å². The number of hydrogen-bond acceptors (Lipinski definition) is 4. The number of amides is 1. The van der Waals surface area contributed by atoms with Gasteiger partial charge in [-0.05, 0) is 29.3 Å². The number of ether oxygens (including phenoxy) is 2. The SMILES string of the molecule is COC(=O)[C@H](Cc1ccc(OC)cc1)NC(=O)C=Cc1ccccc1. The van der Waals surface area contributed by atoms with Crippen molar-refractivity contribution in [3.8, 4) is 5.75 Å². The minimum Gasteiger partial charge on any atom is -0.497 e. The summed E-state index contributed by atoms with van der Waals surface area (Å²) in [7, 11) is 2.89. The minimum atomic E-state index is -0.758. The van der Waals surface area contributed by atoms with E-state index in [0.29, 0.717) is 6.42 Å². The van der Waals surface area contributed by atoms with Gasteiger partial charge >= 0.3 is 5.97 Å². The summed E-state index contributed by atoms with van der Waals surface area (Å²) in [5.41, 5.74) is 1.80. The lowest BCUT2D eigenvalue weighted by Crippen LogP contribution is -2.42. The fourth-order valence-corrected chi connectivity index (χ4v) is 2.29. The first kappa shape index (κ1) is 18.3. The molecule has 1 amide bonds. The molecule has 0 aliphatic heterocycles. The monoisotopic (exact) mass is 339 g/mol. The van der Waals surface area contributed by atoms with Crippen LogP contribution in [0.1, 0.15) is 11.1 Å². The predicted molar refractivity (Wildman–Crippen MR) is 96.1 cm³/mol. The Morgan fingerprint density at radius 2 is 1.72 bits per heavy atom. The number of carbonyl (C=O) groups excluding carboxylic acids is 2. The van der Waals surface area contributed by atoms with Crippen molar-refractivity contribution in [2.75, 3.05) is 14.2 Å². The standard InChI is InChI=1S/C20H21NO4/c1-24-17-11-8-16(9-12-17)14-18(20(23)25-2)21-19(22)13-10-15-6-4-3-5-7-15/h3-13,18H,14H2,1-2H3,(H,21,22)/t18-/m0/s1. The lowest BCUT2D eigenvalue weighted by atomic mass is 10.1. The Labute approximate surface area is 147 Å². The van der Waals surface area contributed by atoms with Gasteiger partial charge in [-0.25, -0.2) is 4.79 Å². The number of nitrogens with one attached hydrogen (secondary N) is 1. The van der Waals surface area contributed by atoms with E-state index in [1.54, 1.807) is 25.3 Å². The lowest BCUT2D eigenvalue weighted by molar-refractivity contribution is -0.144. The number of hydrogen-bond donors (Lipinski definition) is 1. The molecule has 25 heavy (non-hydrogen) atoms. The van der Waals surface area contributed by atoms with Gasteiger partial charge in [-0.2, -0.15) is 0 Å². The highest BCUT2D eigenvalue weighted by molar-refractivity contribution is 5.94. The molecule has 0 spiro atoms. The Hall–Kier alpha value is -3.08. The van der Waals surface area contributed by atoms with Crippen LogP contribution in [0.15, 0.2) is 60.7 Å². The molecule has 5 nitrogen and oxygen atoms in total. The molecule has 0 heterocycles. The van der Waals surface area contributed by atoms with Crippen LogP contribution in [0, 0.1) is 0 Å². The third kappa shape index (κ3) is 5.80. The van der Waals surface area contributed by atoms with Crippen LogP contribution in [0.5, 0.6) is 5.75 Å². The molecule has 2 rings (SSSR count). The molecule has 0 saturated carbocycles. The van der Waals surface area contributed by atoms with Crippen molar-refractivity contribution in [1.82, 2.24) is 5.32 Å². The number of methoxy groups -OCH3 is 2. The summed E-state index contributed by atoms with van der Waals surface area (Å²) < 4.78 is 9.90. The van der Waals surface area contributed by atoms with Crippen molar-refractivity contribution in [3.05, 3.63) is 71.8 Å². The molecule has 0 bridgehead atoms. The van der Waals surface area contributed by atoms with Crippen LogP contribution in [0.2, 0.25) is 0 Å². The van der Waals surface area contributed by atoms with E-state index < -0.39 is 12.0 Å². The molecule has 0 aromatic heterocycles. The second-order valence-electron chi connectivity index (χ2n) is 5.38. The Kier molecular flexibility index (Phi) is 6.77. The van der Waals surface area contributed by atoms with E-state index in [1.807, 2.05) is 42.5 Å². The van der Waals surface area contributed by atoms with E-state index in [0.717, 1.165) is 16.9 Å². The van der Waals surface area contributed by atoms with Gasteiger partial charge in [0, 0.05) is 12.5 Å². The summed E-state index contributed by atoms with van der Waals surface area (Å²) in [5.74, 6) is -0.113. The minimum absolute atomic E-state index is 0.335. The van der Waals surface area contributed by atoms with E-state index >= 15 is 0 Å². The second-order valence-corrected chi connectivity index (χ2v) is 5.38. The first-order valence-electron chi connectivity index (χ1n) is 7.86. The van der Waals surface area contributed by atoms with E-state index in [2.05, 4.69) is 5.32 Å². The first-order chi connectivity index (χ1) is 12.1. The fourth-order valence-electron chi connectivity index (χ4n) is 2.29. The summed E-state index contributed by atoms with van der Waals surface area (Å²) in [6, 6.07) is 16.0. The van der Waals surface area contributed by atoms with Gasteiger partial charge in [0.05, 0.1) is 14.2 Å². The summed E-state index contributed by atoms with van der Waals surface area (Å²) in [6.07, 6.45) is 3.43. The zero-order valence-electron chi connectivity index (χ0n) is 14.3. The van der Waals surface area contributed by atoms with Crippen molar-refractivity contribution in [3.63, 3.8) is 0 Å². The molecule has 0 aliphatic carbocycles. The van der Waals surface area contributed by atoms with Crippen LogP contribution < -0.4 is 10.1 Å². The molecule has 1 N–H and O–H groups in total. The van der Waals surface area contributed by atoms with Crippen LogP contribution >= 0.6 is 0 Å². The third-order valence-corrected chi connectivity index (χ3v) is 3.63. The van der Waals surface area contributed by atoms with Crippen molar-refractivity contribution < 1.29 is 19.1 Å². The Bertz CT molecular complexity index is 723.